The number of carbonyl (C=O) groups excluding carboxylic acids is 4. The monoisotopic (exact) mass is 369 g/mol. The Hall–Kier alpha value is -3.68. The number of esters is 1. The summed E-state index contributed by atoms with van der Waals surface area (Å²) < 4.78 is 4.86. The lowest BCUT2D eigenvalue weighted by Crippen LogP contribution is -2.39. The SMILES string of the molecule is CCOC(=O)c1ccc(NC(=O)C(=O)NCC(=O)Nc2ccccc2)cc1. The number of para-hydroxylation sites is 1. The number of carbonyl (C=O) groups is 4. The molecule has 0 radical (unpaired) electrons. The highest BCUT2D eigenvalue weighted by Crippen LogP contribution is 2.10. The number of anilines is 2. The lowest BCUT2D eigenvalue weighted by atomic mass is 10.2. The van der Waals surface area contributed by atoms with E-state index in [1.165, 1.54) is 24.3 Å². The maximum atomic E-state index is 11.9. The van der Waals surface area contributed by atoms with Gasteiger partial charge in [-0.15, -0.1) is 0 Å². The van der Waals surface area contributed by atoms with Crippen molar-refractivity contribution in [3.63, 3.8) is 0 Å². The molecule has 3 amide bonds. The molecule has 2 aromatic rings. The Labute approximate surface area is 155 Å². The Morgan fingerprint density at radius 1 is 0.815 bits per heavy atom. The molecule has 0 saturated carbocycles. The van der Waals surface area contributed by atoms with E-state index in [0.29, 0.717) is 16.9 Å². The van der Waals surface area contributed by atoms with Crippen molar-refractivity contribution in [3.8, 4) is 0 Å². The minimum absolute atomic E-state index is 0.259. The second kappa shape index (κ2) is 9.71. The summed E-state index contributed by atoms with van der Waals surface area (Å²) in [6.07, 6.45) is 0. The van der Waals surface area contributed by atoms with Crippen molar-refractivity contribution in [2.75, 3.05) is 23.8 Å². The van der Waals surface area contributed by atoms with Crippen LogP contribution in [-0.2, 0) is 19.1 Å². The smallest absolute Gasteiger partial charge is 0.338 e. The van der Waals surface area contributed by atoms with E-state index in [-0.39, 0.29) is 13.2 Å². The molecule has 2 rings (SSSR count). The lowest BCUT2D eigenvalue weighted by Gasteiger charge is -2.08. The van der Waals surface area contributed by atoms with Gasteiger partial charge in [-0.25, -0.2) is 4.79 Å². The quantitative estimate of drug-likeness (QED) is 0.528. The van der Waals surface area contributed by atoms with Crippen molar-refractivity contribution in [2.24, 2.45) is 0 Å². The fourth-order valence-electron chi connectivity index (χ4n) is 2.06. The number of nitrogens with one attached hydrogen (secondary N) is 3. The Kier molecular flexibility index (Phi) is 7.07. The largest absolute Gasteiger partial charge is 0.462 e. The highest BCUT2D eigenvalue weighted by Gasteiger charge is 2.15. The number of benzene rings is 2. The van der Waals surface area contributed by atoms with Gasteiger partial charge in [0.1, 0.15) is 0 Å². The number of rotatable bonds is 6. The van der Waals surface area contributed by atoms with E-state index in [1.807, 2.05) is 0 Å². The number of ether oxygens (including phenoxy) is 1. The van der Waals surface area contributed by atoms with Crippen molar-refractivity contribution in [3.05, 3.63) is 60.2 Å². The van der Waals surface area contributed by atoms with Crippen LogP contribution in [0.15, 0.2) is 54.6 Å². The first kappa shape index (κ1) is 19.6. The fourth-order valence-corrected chi connectivity index (χ4v) is 2.06. The molecule has 0 spiro atoms. The van der Waals surface area contributed by atoms with Crippen LogP contribution in [0, 0.1) is 0 Å². The Morgan fingerprint density at radius 3 is 2.07 bits per heavy atom. The van der Waals surface area contributed by atoms with Gasteiger partial charge in [-0.1, -0.05) is 18.2 Å². The van der Waals surface area contributed by atoms with E-state index in [1.54, 1.807) is 37.3 Å². The Bertz CT molecular complexity index is 819. The van der Waals surface area contributed by atoms with Gasteiger partial charge in [0, 0.05) is 11.4 Å². The summed E-state index contributed by atoms with van der Waals surface area (Å²) in [7, 11) is 0. The molecule has 0 aliphatic rings. The van der Waals surface area contributed by atoms with Crippen molar-refractivity contribution in [2.45, 2.75) is 6.92 Å². The van der Waals surface area contributed by atoms with E-state index >= 15 is 0 Å². The van der Waals surface area contributed by atoms with Gasteiger partial charge in [0.25, 0.3) is 0 Å². The van der Waals surface area contributed by atoms with Crippen LogP contribution in [0.5, 0.6) is 0 Å². The van der Waals surface area contributed by atoms with Gasteiger partial charge in [0.15, 0.2) is 0 Å². The minimum Gasteiger partial charge on any atom is -0.462 e. The van der Waals surface area contributed by atoms with Gasteiger partial charge in [-0.05, 0) is 43.3 Å². The van der Waals surface area contributed by atoms with E-state index in [2.05, 4.69) is 16.0 Å². The Morgan fingerprint density at radius 2 is 1.44 bits per heavy atom. The highest BCUT2D eigenvalue weighted by atomic mass is 16.5. The molecule has 27 heavy (non-hydrogen) atoms. The van der Waals surface area contributed by atoms with Crippen LogP contribution in [-0.4, -0.2) is 36.8 Å². The number of hydrogen-bond acceptors (Lipinski definition) is 5. The van der Waals surface area contributed by atoms with Crippen molar-refractivity contribution < 1.29 is 23.9 Å². The summed E-state index contributed by atoms with van der Waals surface area (Å²) >= 11 is 0. The molecule has 0 fully saturated rings. The van der Waals surface area contributed by atoms with Crippen LogP contribution in [0.1, 0.15) is 17.3 Å². The lowest BCUT2D eigenvalue weighted by molar-refractivity contribution is -0.136. The molecule has 0 saturated heterocycles. The molecule has 0 aliphatic heterocycles. The predicted molar refractivity (Wildman–Crippen MR) is 99.1 cm³/mol. The summed E-state index contributed by atoms with van der Waals surface area (Å²) in [6.45, 7) is 1.61. The zero-order valence-corrected chi connectivity index (χ0v) is 14.7. The molecule has 0 atom stereocenters. The molecule has 3 N–H and O–H groups in total. The second-order valence-corrected chi connectivity index (χ2v) is 5.35. The van der Waals surface area contributed by atoms with Gasteiger partial charge >= 0.3 is 17.8 Å². The van der Waals surface area contributed by atoms with Crippen LogP contribution in [0.4, 0.5) is 11.4 Å². The van der Waals surface area contributed by atoms with Gasteiger partial charge in [0.2, 0.25) is 5.91 Å². The molecule has 0 unspecified atom stereocenters. The van der Waals surface area contributed by atoms with Crippen LogP contribution in [0.25, 0.3) is 0 Å². The van der Waals surface area contributed by atoms with E-state index < -0.39 is 23.7 Å². The molecule has 8 nitrogen and oxygen atoms in total. The first-order chi connectivity index (χ1) is 13.0. The molecular weight excluding hydrogens is 350 g/mol. The third kappa shape index (κ3) is 6.28. The van der Waals surface area contributed by atoms with Gasteiger partial charge < -0.3 is 20.7 Å². The van der Waals surface area contributed by atoms with Crippen molar-refractivity contribution in [1.82, 2.24) is 5.32 Å². The van der Waals surface area contributed by atoms with E-state index in [4.69, 9.17) is 4.74 Å². The fraction of sp³-hybridized carbons (Fsp3) is 0.158. The van der Waals surface area contributed by atoms with Gasteiger partial charge in [-0.2, -0.15) is 0 Å². The van der Waals surface area contributed by atoms with Crippen molar-refractivity contribution in [1.29, 1.82) is 0 Å². The van der Waals surface area contributed by atoms with Crippen molar-refractivity contribution >= 4 is 35.1 Å². The molecule has 2 aromatic carbocycles. The minimum atomic E-state index is -0.951. The normalized spacial score (nSPS) is 9.81. The first-order valence-electron chi connectivity index (χ1n) is 8.21. The zero-order valence-electron chi connectivity index (χ0n) is 14.7. The summed E-state index contributed by atoms with van der Waals surface area (Å²) in [4.78, 5) is 47.0. The standard InChI is InChI=1S/C19H19N3O5/c1-2-27-19(26)13-8-10-15(11-9-13)22-18(25)17(24)20-12-16(23)21-14-6-4-3-5-7-14/h3-11H,2,12H2,1H3,(H,20,24)(H,21,23)(H,22,25). The third-order valence-corrected chi connectivity index (χ3v) is 3.33. The first-order valence-corrected chi connectivity index (χ1v) is 8.21. The average molecular weight is 369 g/mol. The predicted octanol–water partition coefficient (Wildman–Crippen LogP) is 1.56. The second-order valence-electron chi connectivity index (χ2n) is 5.35. The maximum absolute atomic E-state index is 11.9. The van der Waals surface area contributed by atoms with Crippen LogP contribution in [0.2, 0.25) is 0 Å². The van der Waals surface area contributed by atoms with E-state index in [9.17, 15) is 19.2 Å². The molecule has 140 valence electrons. The summed E-state index contributed by atoms with van der Waals surface area (Å²) in [5.74, 6) is -2.81. The third-order valence-electron chi connectivity index (χ3n) is 3.33. The number of hydrogen-bond donors (Lipinski definition) is 3. The molecule has 0 aliphatic carbocycles. The average Bonchev–Trinajstić information content (AvgIpc) is 2.67. The topological polar surface area (TPSA) is 114 Å². The molecule has 0 bridgehead atoms. The number of amides is 3. The maximum Gasteiger partial charge on any atom is 0.338 e. The zero-order chi connectivity index (χ0) is 19.6. The molecule has 8 heteroatoms. The molecule has 0 aromatic heterocycles. The Balaban J connectivity index is 1.80. The molecule has 0 heterocycles. The summed E-state index contributed by atoms with van der Waals surface area (Å²) in [5.41, 5.74) is 1.25. The molecular formula is C19H19N3O5. The van der Waals surface area contributed by atoms with Crippen LogP contribution in [0.3, 0.4) is 0 Å². The summed E-state index contributed by atoms with van der Waals surface area (Å²) in [5, 5.41) is 7.19. The van der Waals surface area contributed by atoms with E-state index in [0.717, 1.165) is 0 Å². The summed E-state index contributed by atoms with van der Waals surface area (Å²) in [6, 6.07) is 14.6. The van der Waals surface area contributed by atoms with Gasteiger partial charge in [-0.3, -0.25) is 14.4 Å². The van der Waals surface area contributed by atoms with Crippen LogP contribution >= 0.6 is 0 Å². The highest BCUT2D eigenvalue weighted by molar-refractivity contribution is 6.39. The van der Waals surface area contributed by atoms with Gasteiger partial charge in [0.05, 0.1) is 18.7 Å². The van der Waals surface area contributed by atoms with Crippen LogP contribution < -0.4 is 16.0 Å².